The number of hydrogen-bond donors (Lipinski definition) is 0. The van der Waals surface area contributed by atoms with E-state index in [1.54, 1.807) is 0 Å². The lowest BCUT2D eigenvalue weighted by Crippen LogP contribution is -2.66. The second-order valence-corrected chi connectivity index (χ2v) is 5.99. The first-order valence-electron chi connectivity index (χ1n) is 8.43. The van der Waals surface area contributed by atoms with Crippen LogP contribution in [0.3, 0.4) is 0 Å². The van der Waals surface area contributed by atoms with Crippen LogP contribution in [-0.4, -0.2) is 55.9 Å². The lowest BCUT2D eigenvalue weighted by Gasteiger charge is -2.45. The fraction of sp³-hybridized carbons (Fsp3) is 1.00. The second kappa shape index (κ2) is 9.90. The van der Waals surface area contributed by atoms with Crippen molar-refractivity contribution in [2.45, 2.75) is 66.1 Å². The number of unbranched alkanes of at least 4 members (excludes halogenated alkanes) is 3. The summed E-state index contributed by atoms with van der Waals surface area (Å²) >= 11 is 0. The Bertz CT molecular complexity index is 213. The largest absolute Gasteiger partial charge is 0.363 e. The van der Waals surface area contributed by atoms with Crippen molar-refractivity contribution in [3.05, 3.63) is 0 Å². The smallest absolute Gasteiger partial charge is 0.286 e. The van der Waals surface area contributed by atoms with Crippen LogP contribution in [0.4, 0.5) is 0 Å². The van der Waals surface area contributed by atoms with Crippen LogP contribution in [0.5, 0.6) is 0 Å². The highest BCUT2D eigenvalue weighted by Crippen LogP contribution is 2.12. The van der Waals surface area contributed by atoms with Crippen LogP contribution in [0.25, 0.3) is 0 Å². The van der Waals surface area contributed by atoms with E-state index in [1.807, 2.05) is 0 Å². The van der Waals surface area contributed by atoms with E-state index in [0.717, 1.165) is 0 Å². The lowest BCUT2D eigenvalue weighted by atomic mass is 9.59. The molecule has 0 radical (unpaired) electrons. The quantitative estimate of drug-likeness (QED) is 0.588. The van der Waals surface area contributed by atoms with E-state index < -0.39 is 0 Å². The van der Waals surface area contributed by atoms with E-state index in [9.17, 15) is 0 Å². The van der Waals surface area contributed by atoms with Crippen LogP contribution in [0.15, 0.2) is 0 Å². The molecule has 0 amide bonds. The molecule has 0 unspecified atom stereocenters. The van der Waals surface area contributed by atoms with Crippen molar-refractivity contribution in [2.24, 2.45) is 0 Å². The molecule has 0 aromatic heterocycles. The standard InChI is InChI=1S/C13H32B3N3/c1-5-8-11-17-14-18(12-9-6-2)16(4)19(15-17)13-10-7-3/h14-15H,5-13H2,1-4H3. The molecule has 0 atom stereocenters. The monoisotopic (exact) mass is 263 g/mol. The molecule has 0 spiro atoms. The minimum absolute atomic E-state index is 0.621. The lowest BCUT2D eigenvalue weighted by molar-refractivity contribution is 0.443. The predicted molar refractivity (Wildman–Crippen MR) is 90.8 cm³/mol. The zero-order chi connectivity index (χ0) is 14.1. The minimum atomic E-state index is 0.621. The van der Waals surface area contributed by atoms with Gasteiger partial charge in [-0.1, -0.05) is 46.9 Å². The third kappa shape index (κ3) is 5.93. The number of rotatable bonds is 9. The maximum Gasteiger partial charge on any atom is 0.286 e. The molecule has 3 nitrogen and oxygen atoms in total. The van der Waals surface area contributed by atoms with E-state index in [0.29, 0.717) is 6.98 Å². The molecule has 0 N–H and O–H groups in total. The van der Waals surface area contributed by atoms with Crippen molar-refractivity contribution in [3.8, 4) is 0 Å². The SMILES string of the molecule is CCCCN1BN(CCCC)B(C)N(CCCC)B1. The normalized spacial score (nSPS) is 18.4. The van der Waals surface area contributed by atoms with E-state index in [2.05, 4.69) is 41.8 Å². The predicted octanol–water partition coefficient (Wildman–Crippen LogP) is 1.96. The summed E-state index contributed by atoms with van der Waals surface area (Å²) in [5.74, 6) is 0. The molecule has 1 heterocycles. The van der Waals surface area contributed by atoms with Crippen LogP contribution in [-0.2, 0) is 0 Å². The van der Waals surface area contributed by atoms with Crippen molar-refractivity contribution in [2.75, 3.05) is 19.6 Å². The minimum Gasteiger partial charge on any atom is -0.363 e. The van der Waals surface area contributed by atoms with E-state index >= 15 is 0 Å². The van der Waals surface area contributed by atoms with Gasteiger partial charge in [0.05, 0.1) is 0 Å². The van der Waals surface area contributed by atoms with E-state index in [1.165, 1.54) is 73.3 Å². The van der Waals surface area contributed by atoms with Gasteiger partial charge in [-0.25, -0.2) is 0 Å². The Balaban J connectivity index is 2.52. The number of hydrogen-bond acceptors (Lipinski definition) is 3. The molecule has 0 aliphatic carbocycles. The summed E-state index contributed by atoms with van der Waals surface area (Å²) in [6.07, 6.45) is 7.88. The second-order valence-electron chi connectivity index (χ2n) is 5.99. The Labute approximate surface area is 122 Å². The van der Waals surface area contributed by atoms with E-state index in [4.69, 9.17) is 0 Å². The molecule has 1 rings (SSSR count). The molecule has 1 fully saturated rings. The first kappa shape index (κ1) is 17.1. The van der Waals surface area contributed by atoms with Crippen LogP contribution < -0.4 is 0 Å². The fourth-order valence-electron chi connectivity index (χ4n) is 2.79. The van der Waals surface area contributed by atoms with Crippen LogP contribution in [0.2, 0.25) is 6.82 Å². The molecule has 108 valence electrons. The Morgan fingerprint density at radius 3 is 1.58 bits per heavy atom. The van der Waals surface area contributed by atoms with Gasteiger partial charge >= 0.3 is 0 Å². The zero-order valence-electron chi connectivity index (χ0n) is 13.7. The molecule has 0 saturated carbocycles. The molecule has 6 heteroatoms. The third-order valence-corrected chi connectivity index (χ3v) is 4.25. The van der Waals surface area contributed by atoms with Gasteiger partial charge in [0.1, 0.15) is 0 Å². The van der Waals surface area contributed by atoms with Gasteiger partial charge in [-0.3, -0.25) is 0 Å². The van der Waals surface area contributed by atoms with Gasteiger partial charge in [0.15, 0.2) is 0 Å². The first-order chi connectivity index (χ1) is 9.22. The average Bonchev–Trinajstić information content (AvgIpc) is 2.43. The van der Waals surface area contributed by atoms with Crippen molar-refractivity contribution >= 4 is 22.1 Å². The Hall–Kier alpha value is 0.0748. The molecule has 0 aromatic carbocycles. The molecule has 19 heavy (non-hydrogen) atoms. The topological polar surface area (TPSA) is 9.72 Å². The molecule has 0 aromatic rings. The Kier molecular flexibility index (Phi) is 8.92. The van der Waals surface area contributed by atoms with Crippen molar-refractivity contribution in [1.29, 1.82) is 0 Å². The third-order valence-electron chi connectivity index (χ3n) is 4.25. The maximum absolute atomic E-state index is 2.66. The summed E-state index contributed by atoms with van der Waals surface area (Å²) in [6.45, 7) is 13.6. The summed E-state index contributed by atoms with van der Waals surface area (Å²) in [5.41, 5.74) is 0. The maximum atomic E-state index is 2.66. The van der Waals surface area contributed by atoms with Gasteiger partial charge in [-0.15, -0.1) is 0 Å². The summed E-state index contributed by atoms with van der Waals surface area (Å²) in [5, 5.41) is 0. The Morgan fingerprint density at radius 1 is 0.737 bits per heavy atom. The highest BCUT2D eigenvalue weighted by Gasteiger charge is 2.33. The summed E-state index contributed by atoms with van der Waals surface area (Å²) in [6, 6.07) is 0. The van der Waals surface area contributed by atoms with Gasteiger partial charge in [0, 0.05) is 0 Å². The highest BCUT2D eigenvalue weighted by atomic mass is 15.3. The van der Waals surface area contributed by atoms with Crippen LogP contribution in [0.1, 0.15) is 59.3 Å². The fourth-order valence-corrected chi connectivity index (χ4v) is 2.79. The zero-order valence-corrected chi connectivity index (χ0v) is 13.7. The van der Waals surface area contributed by atoms with E-state index in [-0.39, 0.29) is 0 Å². The van der Waals surface area contributed by atoms with Crippen LogP contribution >= 0.6 is 0 Å². The Morgan fingerprint density at radius 2 is 1.16 bits per heavy atom. The van der Waals surface area contributed by atoms with Crippen molar-refractivity contribution in [1.82, 2.24) is 14.2 Å². The van der Waals surface area contributed by atoms with Crippen LogP contribution in [0, 0.1) is 0 Å². The first-order valence-corrected chi connectivity index (χ1v) is 8.43. The summed E-state index contributed by atoms with van der Waals surface area (Å²) < 4.78 is 7.96. The molecular weight excluding hydrogens is 231 g/mol. The van der Waals surface area contributed by atoms with Gasteiger partial charge in [-0.2, -0.15) is 0 Å². The number of nitrogens with zero attached hydrogens (tertiary/aromatic N) is 3. The highest BCUT2D eigenvalue weighted by molar-refractivity contribution is 6.73. The molecule has 1 aliphatic heterocycles. The van der Waals surface area contributed by atoms with Gasteiger partial charge < -0.3 is 14.2 Å². The summed E-state index contributed by atoms with van der Waals surface area (Å²) in [7, 11) is 2.34. The van der Waals surface area contributed by atoms with Gasteiger partial charge in [0.2, 0.25) is 0 Å². The average molecular weight is 263 g/mol. The molecular formula is C13H32B3N3. The van der Waals surface area contributed by atoms with Gasteiger partial charge in [0.25, 0.3) is 22.1 Å². The molecule has 1 aliphatic rings. The molecule has 1 saturated heterocycles. The van der Waals surface area contributed by atoms with Gasteiger partial charge in [-0.05, 0) is 38.9 Å². The molecule has 0 bridgehead atoms. The summed E-state index contributed by atoms with van der Waals surface area (Å²) in [4.78, 5) is 0. The van der Waals surface area contributed by atoms with Crippen molar-refractivity contribution < 1.29 is 0 Å². The van der Waals surface area contributed by atoms with Crippen molar-refractivity contribution in [3.63, 3.8) is 0 Å².